The van der Waals surface area contributed by atoms with Gasteiger partial charge in [0, 0.05) is 46.8 Å². The van der Waals surface area contributed by atoms with Crippen LogP contribution in [0, 0.1) is 5.41 Å². The molecule has 0 aliphatic carbocycles. The predicted molar refractivity (Wildman–Crippen MR) is 140 cm³/mol. The Morgan fingerprint density at radius 1 is 1.21 bits per heavy atom. The molecule has 1 aliphatic rings. The molecule has 0 saturated heterocycles. The number of hydrogen-bond acceptors (Lipinski definition) is 7. The summed E-state index contributed by atoms with van der Waals surface area (Å²) in [5, 5.41) is 26.6. The van der Waals surface area contributed by atoms with Crippen LogP contribution >= 0.6 is 11.6 Å². The standard InChI is InChI=1S/C27H30ClN3O7/c1-27(2,14-32)13-31-20-9-8-15(28)10-17(20)23(16-6-5-7-21(36-3)24(16)37-4)38-22(25(31)33)11-19-18(26(34)35)12-29-30-19/h5-10,12,22-23,32H,11,13-14H2,1-4H3,(H,29,30)(H,34,35)/t22-,23-/m1/s1. The average Bonchev–Trinajstić information content (AvgIpc) is 3.34. The Labute approximate surface area is 225 Å². The van der Waals surface area contributed by atoms with Crippen LogP contribution in [-0.2, 0) is 16.0 Å². The van der Waals surface area contributed by atoms with Crippen molar-refractivity contribution >= 4 is 29.2 Å². The lowest BCUT2D eigenvalue weighted by atomic mass is 9.92. The second-order valence-corrected chi connectivity index (χ2v) is 10.2. The zero-order chi connectivity index (χ0) is 27.6. The first-order chi connectivity index (χ1) is 18.1. The third kappa shape index (κ3) is 5.33. The van der Waals surface area contributed by atoms with E-state index in [0.717, 1.165) is 0 Å². The van der Waals surface area contributed by atoms with Gasteiger partial charge in [0.2, 0.25) is 0 Å². The van der Waals surface area contributed by atoms with Gasteiger partial charge in [0.1, 0.15) is 17.8 Å². The van der Waals surface area contributed by atoms with E-state index in [4.69, 9.17) is 25.8 Å². The van der Waals surface area contributed by atoms with Gasteiger partial charge in [-0.05, 0) is 24.3 Å². The Kier molecular flexibility index (Phi) is 7.96. The molecule has 1 aromatic heterocycles. The first-order valence-corrected chi connectivity index (χ1v) is 12.3. The Bertz CT molecular complexity index is 1340. The van der Waals surface area contributed by atoms with E-state index in [9.17, 15) is 19.8 Å². The quantitative estimate of drug-likeness (QED) is 0.370. The third-order valence-corrected chi connectivity index (χ3v) is 6.71. The lowest BCUT2D eigenvalue weighted by Gasteiger charge is -2.32. The Morgan fingerprint density at radius 2 is 1.97 bits per heavy atom. The van der Waals surface area contributed by atoms with Crippen LogP contribution in [0.3, 0.4) is 0 Å². The number of carboxylic acids is 1. The van der Waals surface area contributed by atoms with Crippen molar-refractivity contribution in [3.63, 3.8) is 0 Å². The van der Waals surface area contributed by atoms with E-state index in [-0.39, 0.29) is 30.8 Å². The first-order valence-electron chi connectivity index (χ1n) is 11.9. The van der Waals surface area contributed by atoms with Gasteiger partial charge in [0.15, 0.2) is 11.5 Å². The van der Waals surface area contributed by atoms with E-state index in [0.29, 0.717) is 33.3 Å². The maximum atomic E-state index is 14.1. The summed E-state index contributed by atoms with van der Waals surface area (Å²) in [5.74, 6) is -0.669. The number of H-pyrrole nitrogens is 1. The van der Waals surface area contributed by atoms with Gasteiger partial charge in [-0.25, -0.2) is 4.79 Å². The number of ether oxygens (including phenoxy) is 3. The fraction of sp³-hybridized carbons (Fsp3) is 0.370. The number of aromatic carboxylic acids is 1. The molecule has 2 heterocycles. The number of nitrogens with one attached hydrogen (secondary N) is 1. The topological polar surface area (TPSA) is 134 Å². The summed E-state index contributed by atoms with van der Waals surface area (Å²) in [6, 6.07) is 10.5. The van der Waals surface area contributed by atoms with E-state index < -0.39 is 29.5 Å². The molecule has 0 saturated carbocycles. The van der Waals surface area contributed by atoms with E-state index in [2.05, 4.69) is 10.2 Å². The van der Waals surface area contributed by atoms with E-state index in [1.54, 1.807) is 35.2 Å². The van der Waals surface area contributed by atoms with Crippen LogP contribution in [0.5, 0.6) is 11.5 Å². The van der Waals surface area contributed by atoms with Crippen molar-refractivity contribution in [1.82, 2.24) is 10.2 Å². The minimum Gasteiger partial charge on any atom is -0.493 e. The molecular weight excluding hydrogens is 514 g/mol. The molecule has 2 atom stereocenters. The van der Waals surface area contributed by atoms with Crippen LogP contribution in [0.1, 0.15) is 47.1 Å². The van der Waals surface area contributed by atoms with Crippen molar-refractivity contribution < 1.29 is 34.0 Å². The average molecular weight is 544 g/mol. The zero-order valence-corrected chi connectivity index (χ0v) is 22.3. The van der Waals surface area contributed by atoms with Crippen molar-refractivity contribution in [2.75, 3.05) is 32.3 Å². The number of rotatable bonds is 9. The maximum Gasteiger partial charge on any atom is 0.339 e. The minimum absolute atomic E-state index is 0.0519. The van der Waals surface area contributed by atoms with E-state index in [1.165, 1.54) is 20.4 Å². The molecule has 202 valence electrons. The van der Waals surface area contributed by atoms with Crippen LogP contribution in [0.25, 0.3) is 0 Å². The lowest BCUT2D eigenvalue weighted by molar-refractivity contribution is -0.132. The number of amides is 1. The molecule has 1 aliphatic heterocycles. The van der Waals surface area contributed by atoms with Crippen molar-refractivity contribution in [3.8, 4) is 11.5 Å². The normalized spacial score (nSPS) is 17.6. The van der Waals surface area contributed by atoms with Crippen LogP contribution in [0.2, 0.25) is 5.02 Å². The summed E-state index contributed by atoms with van der Waals surface area (Å²) >= 11 is 6.43. The predicted octanol–water partition coefficient (Wildman–Crippen LogP) is 3.86. The number of benzene rings is 2. The number of carbonyl (C=O) groups is 2. The number of methoxy groups -OCH3 is 2. The lowest BCUT2D eigenvalue weighted by Crippen LogP contribution is -2.46. The van der Waals surface area contributed by atoms with Crippen LogP contribution in [0.4, 0.5) is 5.69 Å². The SMILES string of the molecule is COc1cccc([C@H]2O[C@H](Cc3[nH]ncc3C(=O)O)C(=O)N(CC(C)(C)CO)c3ccc(Cl)cc32)c1OC. The highest BCUT2D eigenvalue weighted by molar-refractivity contribution is 6.30. The molecule has 1 amide bonds. The molecule has 0 unspecified atom stereocenters. The fourth-order valence-corrected chi connectivity index (χ4v) is 4.72. The molecule has 11 heteroatoms. The zero-order valence-electron chi connectivity index (χ0n) is 21.5. The molecule has 3 N–H and O–H groups in total. The van der Waals surface area contributed by atoms with Crippen molar-refractivity contribution in [2.45, 2.75) is 32.5 Å². The third-order valence-electron chi connectivity index (χ3n) is 6.47. The minimum atomic E-state index is -1.17. The van der Waals surface area contributed by atoms with Gasteiger partial charge in [-0.3, -0.25) is 9.89 Å². The number of halogens is 1. The van der Waals surface area contributed by atoms with Gasteiger partial charge in [-0.15, -0.1) is 0 Å². The highest BCUT2D eigenvalue weighted by atomic mass is 35.5. The highest BCUT2D eigenvalue weighted by Gasteiger charge is 2.40. The van der Waals surface area contributed by atoms with Gasteiger partial charge in [-0.1, -0.05) is 37.6 Å². The Hall–Kier alpha value is -3.60. The van der Waals surface area contributed by atoms with Crippen LogP contribution < -0.4 is 14.4 Å². The van der Waals surface area contributed by atoms with Gasteiger partial charge in [0.25, 0.3) is 5.91 Å². The fourth-order valence-electron chi connectivity index (χ4n) is 4.54. The number of aliphatic hydroxyl groups is 1. The van der Waals surface area contributed by atoms with Gasteiger partial charge < -0.3 is 29.3 Å². The molecule has 4 rings (SSSR count). The van der Waals surface area contributed by atoms with Crippen molar-refractivity contribution in [1.29, 1.82) is 0 Å². The summed E-state index contributed by atoms with van der Waals surface area (Å²) < 4.78 is 17.7. The number of carboxylic acid groups (broad SMARTS) is 1. The smallest absolute Gasteiger partial charge is 0.339 e. The summed E-state index contributed by atoms with van der Waals surface area (Å²) in [5.41, 5.74) is 1.31. The molecule has 0 bridgehead atoms. The van der Waals surface area contributed by atoms with Crippen molar-refractivity contribution in [3.05, 3.63) is 70.0 Å². The van der Waals surface area contributed by atoms with Gasteiger partial charge >= 0.3 is 5.97 Å². The highest BCUT2D eigenvalue weighted by Crippen LogP contribution is 2.45. The number of carbonyl (C=O) groups excluding carboxylic acids is 1. The second kappa shape index (κ2) is 11.0. The summed E-state index contributed by atoms with van der Waals surface area (Å²) in [6.07, 6.45) is -0.833. The number of aromatic nitrogens is 2. The number of hydrogen-bond donors (Lipinski definition) is 3. The largest absolute Gasteiger partial charge is 0.493 e. The summed E-state index contributed by atoms with van der Waals surface area (Å²) in [6.45, 7) is 3.70. The van der Waals surface area contributed by atoms with E-state index >= 15 is 0 Å². The number of fused-ring (bicyclic) bond motifs is 1. The number of nitrogens with zero attached hydrogens (tertiary/aromatic N) is 2. The van der Waals surface area contributed by atoms with Crippen molar-refractivity contribution in [2.24, 2.45) is 5.41 Å². The second-order valence-electron chi connectivity index (χ2n) is 9.81. The van der Waals surface area contributed by atoms with Crippen LogP contribution in [0.15, 0.2) is 42.6 Å². The molecule has 2 aromatic carbocycles. The molecule has 0 spiro atoms. The molecule has 0 fully saturated rings. The van der Waals surface area contributed by atoms with Gasteiger partial charge in [-0.2, -0.15) is 5.10 Å². The Balaban J connectivity index is 1.92. The monoisotopic (exact) mass is 543 g/mol. The number of anilines is 1. The molecule has 3 aromatic rings. The number of para-hydroxylation sites is 1. The number of aromatic amines is 1. The Morgan fingerprint density at radius 3 is 2.63 bits per heavy atom. The first kappa shape index (κ1) is 27.4. The molecule has 38 heavy (non-hydrogen) atoms. The molecule has 0 radical (unpaired) electrons. The van der Waals surface area contributed by atoms with Gasteiger partial charge in [0.05, 0.1) is 26.1 Å². The maximum absolute atomic E-state index is 14.1. The molecule has 10 nitrogen and oxygen atoms in total. The van der Waals surface area contributed by atoms with E-state index in [1.807, 2.05) is 19.9 Å². The molecular formula is C27H30ClN3O7. The summed E-state index contributed by atoms with van der Waals surface area (Å²) in [7, 11) is 3.04. The van der Waals surface area contributed by atoms with Crippen LogP contribution in [-0.4, -0.2) is 65.8 Å². The number of aliphatic hydroxyl groups excluding tert-OH is 1. The summed E-state index contributed by atoms with van der Waals surface area (Å²) in [4.78, 5) is 27.4.